The summed E-state index contributed by atoms with van der Waals surface area (Å²) in [6, 6.07) is 15.2. The first-order valence-electron chi connectivity index (χ1n) is 9.94. The molecule has 0 N–H and O–H groups in total. The van der Waals surface area contributed by atoms with E-state index in [0.717, 1.165) is 17.0 Å². The summed E-state index contributed by atoms with van der Waals surface area (Å²) in [7, 11) is 0. The summed E-state index contributed by atoms with van der Waals surface area (Å²) in [6.45, 7) is 4.15. The fraction of sp³-hybridized carbons (Fsp3) is 0.261. The molecule has 1 aliphatic rings. The molecule has 1 aromatic heterocycles. The van der Waals surface area contributed by atoms with E-state index in [1.54, 1.807) is 10.3 Å². The SMILES string of the molecule is CCc1ccc(C(=O)N2CCN(C(=O)c3csc(-c4ccc(Cl)cc4)n3)CC2)cc1. The molecule has 30 heavy (non-hydrogen) atoms. The number of carbonyl (C=O) groups is 2. The van der Waals surface area contributed by atoms with Crippen molar-refractivity contribution >= 4 is 34.8 Å². The average Bonchev–Trinajstić information content (AvgIpc) is 3.29. The van der Waals surface area contributed by atoms with Crippen molar-refractivity contribution in [2.24, 2.45) is 0 Å². The van der Waals surface area contributed by atoms with Gasteiger partial charge in [0.1, 0.15) is 10.7 Å². The lowest BCUT2D eigenvalue weighted by atomic mass is 10.1. The Morgan fingerprint density at radius 2 is 1.53 bits per heavy atom. The van der Waals surface area contributed by atoms with Gasteiger partial charge in [0.25, 0.3) is 11.8 Å². The molecule has 3 aromatic rings. The molecule has 5 nitrogen and oxygen atoms in total. The van der Waals surface area contributed by atoms with Gasteiger partial charge in [-0.25, -0.2) is 4.98 Å². The summed E-state index contributed by atoms with van der Waals surface area (Å²) in [5, 5.41) is 3.25. The zero-order valence-electron chi connectivity index (χ0n) is 16.7. The number of benzene rings is 2. The minimum atomic E-state index is -0.0918. The number of amides is 2. The molecule has 0 radical (unpaired) electrons. The first-order chi connectivity index (χ1) is 14.5. The van der Waals surface area contributed by atoms with Gasteiger partial charge < -0.3 is 9.80 Å². The molecule has 7 heteroatoms. The van der Waals surface area contributed by atoms with Gasteiger partial charge in [0.05, 0.1) is 0 Å². The molecule has 0 spiro atoms. The summed E-state index contributed by atoms with van der Waals surface area (Å²) in [5.74, 6) is -0.0747. The van der Waals surface area contributed by atoms with Gasteiger partial charge in [0, 0.05) is 47.7 Å². The van der Waals surface area contributed by atoms with Crippen LogP contribution in [0.2, 0.25) is 5.02 Å². The molecule has 2 aromatic carbocycles. The van der Waals surface area contributed by atoms with Gasteiger partial charge in [-0.2, -0.15) is 0 Å². The van der Waals surface area contributed by atoms with Crippen LogP contribution in [0.25, 0.3) is 10.6 Å². The molecule has 0 saturated carbocycles. The van der Waals surface area contributed by atoms with Crippen molar-refractivity contribution in [2.75, 3.05) is 26.2 Å². The molecular weight excluding hydrogens is 418 g/mol. The Kier molecular flexibility index (Phi) is 6.16. The number of aryl methyl sites for hydroxylation is 1. The van der Waals surface area contributed by atoms with E-state index >= 15 is 0 Å². The Bertz CT molecular complexity index is 1040. The Morgan fingerprint density at radius 3 is 2.13 bits per heavy atom. The van der Waals surface area contributed by atoms with Crippen LogP contribution in [0.1, 0.15) is 33.3 Å². The van der Waals surface area contributed by atoms with Crippen LogP contribution in [0.15, 0.2) is 53.9 Å². The van der Waals surface area contributed by atoms with Crippen LogP contribution in [0.4, 0.5) is 0 Å². The third kappa shape index (κ3) is 4.40. The maximum absolute atomic E-state index is 12.9. The van der Waals surface area contributed by atoms with Gasteiger partial charge in [0.15, 0.2) is 0 Å². The van der Waals surface area contributed by atoms with E-state index in [1.807, 2.05) is 53.4 Å². The quantitative estimate of drug-likeness (QED) is 0.595. The van der Waals surface area contributed by atoms with E-state index in [9.17, 15) is 9.59 Å². The maximum atomic E-state index is 12.9. The normalized spacial score (nSPS) is 14.1. The molecule has 2 amide bonds. The van der Waals surface area contributed by atoms with Crippen molar-refractivity contribution in [3.63, 3.8) is 0 Å². The molecule has 1 aliphatic heterocycles. The zero-order chi connectivity index (χ0) is 21.1. The molecule has 0 aliphatic carbocycles. The number of hydrogen-bond acceptors (Lipinski definition) is 4. The summed E-state index contributed by atoms with van der Waals surface area (Å²) in [4.78, 5) is 33.7. The second-order valence-electron chi connectivity index (χ2n) is 7.18. The number of aromatic nitrogens is 1. The molecule has 1 saturated heterocycles. The van der Waals surface area contributed by atoms with Gasteiger partial charge >= 0.3 is 0 Å². The van der Waals surface area contributed by atoms with Gasteiger partial charge in [0.2, 0.25) is 0 Å². The van der Waals surface area contributed by atoms with Crippen molar-refractivity contribution in [3.05, 3.63) is 75.8 Å². The van der Waals surface area contributed by atoms with Crippen LogP contribution < -0.4 is 0 Å². The topological polar surface area (TPSA) is 53.5 Å². The predicted molar refractivity (Wildman–Crippen MR) is 120 cm³/mol. The number of piperazine rings is 1. The van der Waals surface area contributed by atoms with Crippen LogP contribution in [0.5, 0.6) is 0 Å². The summed E-state index contributed by atoms with van der Waals surface area (Å²) in [5.41, 5.74) is 3.29. The third-order valence-electron chi connectivity index (χ3n) is 5.28. The van der Waals surface area contributed by atoms with E-state index < -0.39 is 0 Å². The Hall–Kier alpha value is -2.70. The van der Waals surface area contributed by atoms with Crippen molar-refractivity contribution in [1.82, 2.24) is 14.8 Å². The Labute approximate surface area is 184 Å². The van der Waals surface area contributed by atoms with Gasteiger partial charge in [-0.1, -0.05) is 42.8 Å². The molecule has 2 heterocycles. The molecule has 4 rings (SSSR count). The molecule has 154 valence electrons. The van der Waals surface area contributed by atoms with Crippen molar-refractivity contribution < 1.29 is 9.59 Å². The highest BCUT2D eigenvalue weighted by molar-refractivity contribution is 7.13. The summed E-state index contributed by atoms with van der Waals surface area (Å²) >= 11 is 7.38. The summed E-state index contributed by atoms with van der Waals surface area (Å²) < 4.78 is 0. The lowest BCUT2D eigenvalue weighted by Crippen LogP contribution is -2.50. The number of hydrogen-bond donors (Lipinski definition) is 0. The van der Waals surface area contributed by atoms with E-state index in [1.165, 1.54) is 16.9 Å². The van der Waals surface area contributed by atoms with Crippen LogP contribution >= 0.6 is 22.9 Å². The van der Waals surface area contributed by atoms with E-state index in [0.29, 0.717) is 42.5 Å². The van der Waals surface area contributed by atoms with E-state index in [-0.39, 0.29) is 11.8 Å². The molecule has 0 atom stereocenters. The van der Waals surface area contributed by atoms with Crippen molar-refractivity contribution in [1.29, 1.82) is 0 Å². The van der Waals surface area contributed by atoms with E-state index in [4.69, 9.17) is 11.6 Å². The van der Waals surface area contributed by atoms with Gasteiger partial charge in [-0.15, -0.1) is 11.3 Å². The molecule has 0 unspecified atom stereocenters. The molecule has 1 fully saturated rings. The number of rotatable bonds is 4. The molecule has 0 bridgehead atoms. The largest absolute Gasteiger partial charge is 0.335 e. The summed E-state index contributed by atoms with van der Waals surface area (Å²) in [6.07, 6.45) is 0.950. The standard InChI is InChI=1S/C23H22ClN3O2S/c1-2-16-3-5-18(6-4-16)22(28)26-11-13-27(14-12-26)23(29)20-15-30-21(25-20)17-7-9-19(24)10-8-17/h3-10,15H,2,11-14H2,1H3. The smallest absolute Gasteiger partial charge is 0.273 e. The lowest BCUT2D eigenvalue weighted by molar-refractivity contribution is 0.0533. The van der Waals surface area contributed by atoms with Crippen LogP contribution in [0.3, 0.4) is 0 Å². The molecular formula is C23H22ClN3O2S. The Morgan fingerprint density at radius 1 is 0.933 bits per heavy atom. The second kappa shape index (κ2) is 8.98. The third-order valence-corrected chi connectivity index (χ3v) is 6.42. The van der Waals surface area contributed by atoms with Crippen molar-refractivity contribution in [3.8, 4) is 10.6 Å². The van der Waals surface area contributed by atoms with Gasteiger partial charge in [-0.3, -0.25) is 9.59 Å². The highest BCUT2D eigenvalue weighted by Gasteiger charge is 2.26. The fourth-order valence-electron chi connectivity index (χ4n) is 3.44. The first-order valence-corrected chi connectivity index (χ1v) is 11.2. The van der Waals surface area contributed by atoms with E-state index in [2.05, 4.69) is 11.9 Å². The predicted octanol–water partition coefficient (Wildman–Crippen LogP) is 4.62. The maximum Gasteiger partial charge on any atom is 0.273 e. The van der Waals surface area contributed by atoms with Gasteiger partial charge in [-0.05, 0) is 36.2 Å². The number of carbonyl (C=O) groups excluding carboxylic acids is 2. The van der Waals surface area contributed by atoms with Crippen LogP contribution in [0, 0.1) is 0 Å². The highest BCUT2D eigenvalue weighted by atomic mass is 35.5. The van der Waals surface area contributed by atoms with Crippen LogP contribution in [-0.4, -0.2) is 52.8 Å². The minimum absolute atomic E-state index is 0.0171. The number of halogens is 1. The average molecular weight is 440 g/mol. The highest BCUT2D eigenvalue weighted by Crippen LogP contribution is 2.26. The van der Waals surface area contributed by atoms with Crippen molar-refractivity contribution in [2.45, 2.75) is 13.3 Å². The lowest BCUT2D eigenvalue weighted by Gasteiger charge is -2.34. The number of nitrogens with zero attached hydrogens (tertiary/aromatic N) is 3. The Balaban J connectivity index is 1.37. The minimum Gasteiger partial charge on any atom is -0.335 e. The second-order valence-corrected chi connectivity index (χ2v) is 8.47. The van der Waals surface area contributed by atoms with Crippen LogP contribution in [-0.2, 0) is 6.42 Å². The first kappa shape index (κ1) is 20.6. The fourth-order valence-corrected chi connectivity index (χ4v) is 4.36. The zero-order valence-corrected chi connectivity index (χ0v) is 18.2. The number of thiazole rings is 1. The monoisotopic (exact) mass is 439 g/mol.